The van der Waals surface area contributed by atoms with E-state index >= 15 is 0 Å². The summed E-state index contributed by atoms with van der Waals surface area (Å²) in [6, 6.07) is 0. The van der Waals surface area contributed by atoms with Crippen molar-refractivity contribution in [3.63, 3.8) is 0 Å². The molecule has 0 saturated heterocycles. The first-order valence-corrected chi connectivity index (χ1v) is 22.8. The number of rotatable bonds is 39. The Hall–Kier alpha value is -3.67. The molecule has 1 atom stereocenters. The van der Waals surface area contributed by atoms with Crippen molar-refractivity contribution in [1.82, 2.24) is 0 Å². The fraction of sp³-hybridized carbons (Fsp3) is 0.627. The molecule has 0 aromatic rings. The van der Waals surface area contributed by atoms with Gasteiger partial charge < -0.3 is 14.2 Å². The van der Waals surface area contributed by atoms with Crippen molar-refractivity contribution >= 4 is 17.9 Å². The molecular weight excluding hydrogens is 709 g/mol. The van der Waals surface area contributed by atoms with Gasteiger partial charge in [0, 0.05) is 19.3 Å². The molecule has 1 unspecified atom stereocenters. The van der Waals surface area contributed by atoms with Crippen LogP contribution in [0.5, 0.6) is 0 Å². The van der Waals surface area contributed by atoms with Gasteiger partial charge >= 0.3 is 17.9 Å². The monoisotopic (exact) mass is 791 g/mol. The van der Waals surface area contributed by atoms with Crippen molar-refractivity contribution in [2.45, 2.75) is 194 Å². The minimum Gasteiger partial charge on any atom is -0.462 e. The number of esters is 3. The Balaban J connectivity index is 4.51. The molecule has 322 valence electrons. The van der Waals surface area contributed by atoms with Crippen molar-refractivity contribution in [1.29, 1.82) is 0 Å². The fourth-order valence-electron chi connectivity index (χ4n) is 5.80. The van der Waals surface area contributed by atoms with E-state index in [9.17, 15) is 14.4 Å². The van der Waals surface area contributed by atoms with Crippen molar-refractivity contribution in [2.75, 3.05) is 13.2 Å². The predicted octanol–water partition coefficient (Wildman–Crippen LogP) is 14.6. The number of allylic oxidation sites excluding steroid dienone is 16. The molecule has 0 rings (SSSR count). The highest BCUT2D eigenvalue weighted by molar-refractivity contribution is 5.71. The third-order valence-electron chi connectivity index (χ3n) is 9.26. The molecule has 0 aliphatic rings. The highest BCUT2D eigenvalue weighted by Gasteiger charge is 2.19. The quantitative estimate of drug-likeness (QED) is 0.0267. The maximum Gasteiger partial charge on any atom is 0.306 e. The molecule has 0 aromatic carbocycles. The average molecular weight is 791 g/mol. The number of carbonyl (C=O) groups excluding carboxylic acids is 3. The Morgan fingerprint density at radius 2 is 0.702 bits per heavy atom. The zero-order chi connectivity index (χ0) is 41.5. The third-order valence-corrected chi connectivity index (χ3v) is 9.26. The lowest BCUT2D eigenvalue weighted by atomic mass is 10.1. The molecule has 0 fully saturated rings. The average Bonchev–Trinajstić information content (AvgIpc) is 3.21. The van der Waals surface area contributed by atoms with Gasteiger partial charge in [0.05, 0.1) is 0 Å². The Morgan fingerprint density at radius 1 is 0.368 bits per heavy atom. The van der Waals surface area contributed by atoms with Crippen LogP contribution in [0.1, 0.15) is 188 Å². The van der Waals surface area contributed by atoms with Gasteiger partial charge in [0.25, 0.3) is 0 Å². The third kappa shape index (κ3) is 43.3. The summed E-state index contributed by atoms with van der Waals surface area (Å²) >= 11 is 0. The maximum absolute atomic E-state index is 12.7. The lowest BCUT2D eigenvalue weighted by molar-refractivity contribution is -0.167. The van der Waals surface area contributed by atoms with E-state index in [0.717, 1.165) is 83.5 Å². The van der Waals surface area contributed by atoms with Gasteiger partial charge in [-0.2, -0.15) is 0 Å². The van der Waals surface area contributed by atoms with Crippen LogP contribution in [0.4, 0.5) is 0 Å². The fourth-order valence-corrected chi connectivity index (χ4v) is 5.80. The molecule has 0 amide bonds. The normalized spacial score (nSPS) is 13.0. The first-order chi connectivity index (χ1) is 28.0. The van der Waals surface area contributed by atoms with Crippen LogP contribution < -0.4 is 0 Å². The topological polar surface area (TPSA) is 78.9 Å². The van der Waals surface area contributed by atoms with Crippen LogP contribution in [0.25, 0.3) is 0 Å². The summed E-state index contributed by atoms with van der Waals surface area (Å²) in [6.07, 6.45) is 58.1. The van der Waals surface area contributed by atoms with Crippen LogP contribution in [0.15, 0.2) is 97.2 Å². The summed E-state index contributed by atoms with van der Waals surface area (Å²) in [5, 5.41) is 0. The first kappa shape index (κ1) is 53.3. The second-order valence-corrected chi connectivity index (χ2v) is 14.8. The number of unbranched alkanes of at least 4 members (excludes halogenated alkanes) is 18. The minimum absolute atomic E-state index is 0.103. The molecule has 0 N–H and O–H groups in total. The molecule has 0 aliphatic carbocycles. The van der Waals surface area contributed by atoms with Crippen LogP contribution in [-0.4, -0.2) is 37.2 Å². The van der Waals surface area contributed by atoms with E-state index in [-0.39, 0.29) is 37.5 Å². The van der Waals surface area contributed by atoms with Gasteiger partial charge in [-0.15, -0.1) is 0 Å². The summed E-state index contributed by atoms with van der Waals surface area (Å²) in [5.41, 5.74) is 0. The van der Waals surface area contributed by atoms with Crippen molar-refractivity contribution in [3.8, 4) is 0 Å². The Kier molecular flexibility index (Phi) is 42.1. The standard InChI is InChI=1S/C51H82O6/c1-4-7-10-13-16-19-22-23-24-25-26-27-30-32-35-38-41-44-50(53)56-47-48(57-51(54)45-42-39-36-33-29-21-18-15-12-9-6-3)46-55-49(52)43-40-37-34-31-28-20-17-14-11-8-5-2/h7,10,13,15-16,18-19,21-27,29-30,48H,4-6,8-9,11-12,14,17,20,28,31-47H2,1-3H3/b10-7-,16-13-,18-15-,22-19-,24-23-,26-25+,29-21-,30-27-. The van der Waals surface area contributed by atoms with E-state index in [0.29, 0.717) is 12.8 Å². The number of carbonyl (C=O) groups is 3. The maximum atomic E-state index is 12.7. The van der Waals surface area contributed by atoms with Crippen LogP contribution >= 0.6 is 0 Å². The van der Waals surface area contributed by atoms with Crippen LogP contribution in [0.2, 0.25) is 0 Å². The van der Waals surface area contributed by atoms with Gasteiger partial charge in [0.15, 0.2) is 6.10 Å². The Morgan fingerprint density at radius 3 is 1.14 bits per heavy atom. The van der Waals surface area contributed by atoms with E-state index in [4.69, 9.17) is 14.2 Å². The minimum atomic E-state index is -0.806. The molecular formula is C51H82O6. The number of hydrogen-bond acceptors (Lipinski definition) is 6. The van der Waals surface area contributed by atoms with Crippen molar-refractivity contribution in [3.05, 3.63) is 97.2 Å². The Bertz CT molecular complexity index is 1180. The highest BCUT2D eigenvalue weighted by atomic mass is 16.6. The first-order valence-electron chi connectivity index (χ1n) is 22.8. The lowest BCUT2D eigenvalue weighted by Gasteiger charge is -2.18. The van der Waals surface area contributed by atoms with E-state index in [1.807, 2.05) is 60.8 Å². The van der Waals surface area contributed by atoms with E-state index in [1.54, 1.807) is 0 Å². The Labute approximate surface area is 349 Å². The van der Waals surface area contributed by atoms with Crippen LogP contribution in [0, 0.1) is 0 Å². The molecule has 6 heteroatoms. The zero-order valence-electron chi connectivity index (χ0n) is 36.6. The van der Waals surface area contributed by atoms with Crippen LogP contribution in [-0.2, 0) is 28.6 Å². The summed E-state index contributed by atoms with van der Waals surface area (Å²) in [4.78, 5) is 37.7. The van der Waals surface area contributed by atoms with Gasteiger partial charge in [0.1, 0.15) is 13.2 Å². The molecule has 0 bridgehead atoms. The highest BCUT2D eigenvalue weighted by Crippen LogP contribution is 2.13. The molecule has 0 aliphatic heterocycles. The second kappa shape index (κ2) is 45.0. The molecule has 0 spiro atoms. The molecule has 0 saturated carbocycles. The molecule has 57 heavy (non-hydrogen) atoms. The van der Waals surface area contributed by atoms with Gasteiger partial charge in [-0.25, -0.2) is 0 Å². The van der Waals surface area contributed by atoms with Crippen molar-refractivity contribution < 1.29 is 28.6 Å². The molecule has 0 radical (unpaired) electrons. The number of ether oxygens (including phenoxy) is 3. The SMILES string of the molecule is CC\C=C/C=C\C=C/C=C\C=C\C=C/CCCCCC(=O)OCC(COC(=O)CCCCCCCCCCCCC)OC(=O)CCCCC/C=C\C=C/CCCC. The number of hydrogen-bond donors (Lipinski definition) is 0. The summed E-state index contributed by atoms with van der Waals surface area (Å²) in [6.45, 7) is 6.34. The van der Waals surface area contributed by atoms with Crippen molar-refractivity contribution in [2.24, 2.45) is 0 Å². The molecule has 6 nitrogen and oxygen atoms in total. The summed E-state index contributed by atoms with van der Waals surface area (Å²) in [5.74, 6) is -0.987. The van der Waals surface area contributed by atoms with E-state index in [2.05, 4.69) is 57.2 Å². The van der Waals surface area contributed by atoms with Gasteiger partial charge in [-0.3, -0.25) is 14.4 Å². The summed E-state index contributed by atoms with van der Waals surface area (Å²) in [7, 11) is 0. The van der Waals surface area contributed by atoms with Gasteiger partial charge in [-0.1, -0.05) is 208 Å². The zero-order valence-corrected chi connectivity index (χ0v) is 36.6. The van der Waals surface area contributed by atoms with E-state index < -0.39 is 6.10 Å². The summed E-state index contributed by atoms with van der Waals surface area (Å²) < 4.78 is 16.6. The van der Waals surface area contributed by atoms with Gasteiger partial charge in [-0.05, 0) is 57.8 Å². The van der Waals surface area contributed by atoms with E-state index in [1.165, 1.54) is 64.2 Å². The molecule has 0 heterocycles. The predicted molar refractivity (Wildman–Crippen MR) is 242 cm³/mol. The molecule has 0 aromatic heterocycles. The second-order valence-electron chi connectivity index (χ2n) is 14.8. The van der Waals surface area contributed by atoms with Crippen LogP contribution in [0.3, 0.4) is 0 Å². The van der Waals surface area contributed by atoms with Gasteiger partial charge in [0.2, 0.25) is 0 Å². The smallest absolute Gasteiger partial charge is 0.306 e. The lowest BCUT2D eigenvalue weighted by Crippen LogP contribution is -2.30. The largest absolute Gasteiger partial charge is 0.462 e.